The molecule has 0 unspecified atom stereocenters. The lowest BCUT2D eigenvalue weighted by atomic mass is 10.3. The van der Waals surface area contributed by atoms with Crippen molar-refractivity contribution < 1.29 is 21.6 Å². The van der Waals surface area contributed by atoms with Crippen molar-refractivity contribution >= 4 is 10.7 Å². The number of aromatic nitrogens is 4. The molecule has 2 rings (SSSR count). The van der Waals surface area contributed by atoms with Gasteiger partial charge in [0.05, 0.1) is 0 Å². The second-order valence-electron chi connectivity index (χ2n) is 3.47. The lowest BCUT2D eigenvalue weighted by Gasteiger charge is -2.09. The third kappa shape index (κ3) is 3.28. The Morgan fingerprint density at radius 3 is 2.53 bits per heavy atom. The fraction of sp³-hybridized carbons (Fsp3) is 0.222. The van der Waals surface area contributed by atoms with Crippen LogP contribution in [0.3, 0.4) is 0 Å². The molecule has 0 aliphatic heterocycles. The number of halogens is 3. The molecule has 102 valence electrons. The Balaban J connectivity index is 2.55. The molecular formula is C9H7F3N4O2S. The quantitative estimate of drug-likeness (QED) is 0.846. The predicted molar refractivity (Wildman–Crippen MR) is 58.2 cm³/mol. The Morgan fingerprint density at radius 2 is 2.00 bits per heavy atom. The van der Waals surface area contributed by atoms with Crippen LogP contribution in [0.5, 0.6) is 0 Å². The zero-order valence-electron chi connectivity index (χ0n) is 9.20. The van der Waals surface area contributed by atoms with E-state index in [0.717, 1.165) is 4.68 Å². The highest BCUT2D eigenvalue weighted by Gasteiger charge is 2.34. The third-order valence-electron chi connectivity index (χ3n) is 2.06. The average molecular weight is 292 g/mol. The van der Waals surface area contributed by atoms with Crippen LogP contribution in [-0.2, 0) is 22.6 Å². The molecule has 2 heterocycles. The molecule has 6 nitrogen and oxygen atoms in total. The van der Waals surface area contributed by atoms with Crippen LogP contribution in [0.2, 0.25) is 0 Å². The molecule has 0 saturated carbocycles. The van der Waals surface area contributed by atoms with Crippen LogP contribution < -0.4 is 0 Å². The minimum absolute atomic E-state index is 0.140. The summed E-state index contributed by atoms with van der Waals surface area (Å²) >= 11 is 0. The van der Waals surface area contributed by atoms with Gasteiger partial charge in [-0.25, -0.2) is 23.1 Å². The molecule has 0 fully saturated rings. The molecule has 0 aliphatic rings. The monoisotopic (exact) mass is 292 g/mol. The first-order valence-electron chi connectivity index (χ1n) is 4.93. The number of nitrogens with zero attached hydrogens (tertiary/aromatic N) is 4. The molecule has 0 atom stereocenters. The molecule has 0 radical (unpaired) electrons. The minimum Gasteiger partial charge on any atom is -0.231 e. The second-order valence-corrected chi connectivity index (χ2v) is 4.45. The zero-order valence-corrected chi connectivity index (χ0v) is 10.1. The summed E-state index contributed by atoms with van der Waals surface area (Å²) in [6.45, 7) is 0. The smallest absolute Gasteiger partial charge is 0.231 e. The van der Waals surface area contributed by atoms with Crippen LogP contribution >= 0.6 is 0 Å². The van der Waals surface area contributed by atoms with E-state index in [0.29, 0.717) is 6.07 Å². The first-order chi connectivity index (χ1) is 8.86. The van der Waals surface area contributed by atoms with Crippen molar-refractivity contribution in [2.45, 2.75) is 11.9 Å². The van der Waals surface area contributed by atoms with Crippen LogP contribution in [0, 0.1) is 0 Å². The SMILES string of the molecule is O=[SH](=O)Cc1nc(-n2cccn2)cc(C(F)(F)F)n1. The minimum atomic E-state index is -4.69. The van der Waals surface area contributed by atoms with Gasteiger partial charge in [-0.3, -0.25) is 0 Å². The highest BCUT2D eigenvalue weighted by Crippen LogP contribution is 2.28. The van der Waals surface area contributed by atoms with Gasteiger partial charge in [-0.1, -0.05) is 0 Å². The molecule has 0 aliphatic carbocycles. The third-order valence-corrected chi connectivity index (χ3v) is 2.60. The number of hydrogen-bond acceptors (Lipinski definition) is 5. The van der Waals surface area contributed by atoms with E-state index in [2.05, 4.69) is 15.1 Å². The fourth-order valence-corrected chi connectivity index (χ4v) is 1.71. The van der Waals surface area contributed by atoms with Gasteiger partial charge in [0.2, 0.25) is 0 Å². The van der Waals surface area contributed by atoms with Crippen molar-refractivity contribution in [3.63, 3.8) is 0 Å². The van der Waals surface area contributed by atoms with Crippen LogP contribution in [0.1, 0.15) is 11.5 Å². The van der Waals surface area contributed by atoms with Gasteiger partial charge in [0.1, 0.15) is 28.0 Å². The number of hydrogen-bond donors (Lipinski definition) is 1. The maximum absolute atomic E-state index is 12.7. The van der Waals surface area contributed by atoms with Gasteiger partial charge in [-0.15, -0.1) is 0 Å². The van der Waals surface area contributed by atoms with E-state index in [-0.39, 0.29) is 5.82 Å². The molecule has 19 heavy (non-hydrogen) atoms. The summed E-state index contributed by atoms with van der Waals surface area (Å²) < 4.78 is 60.2. The van der Waals surface area contributed by atoms with Gasteiger partial charge in [0.15, 0.2) is 5.82 Å². The van der Waals surface area contributed by atoms with E-state index in [4.69, 9.17) is 0 Å². The summed E-state index contributed by atoms with van der Waals surface area (Å²) in [5.74, 6) is -1.22. The van der Waals surface area contributed by atoms with Crippen molar-refractivity contribution in [1.29, 1.82) is 0 Å². The molecular weight excluding hydrogens is 285 g/mol. The largest absolute Gasteiger partial charge is 0.433 e. The van der Waals surface area contributed by atoms with E-state index in [9.17, 15) is 21.6 Å². The topological polar surface area (TPSA) is 77.7 Å². The molecule has 2 aromatic rings. The Kier molecular flexibility index (Phi) is 3.51. The Bertz CT molecular complexity index is 644. The van der Waals surface area contributed by atoms with Crippen LogP contribution in [-0.4, -0.2) is 28.2 Å². The Hall–Kier alpha value is -1.97. The summed E-state index contributed by atoms with van der Waals surface area (Å²) in [4.78, 5) is 6.93. The number of rotatable bonds is 3. The van der Waals surface area contributed by atoms with Crippen LogP contribution in [0.15, 0.2) is 24.5 Å². The highest BCUT2D eigenvalue weighted by atomic mass is 32.2. The summed E-state index contributed by atoms with van der Waals surface area (Å²) in [5.41, 5.74) is -1.21. The molecule has 0 saturated heterocycles. The first-order valence-corrected chi connectivity index (χ1v) is 6.29. The van der Waals surface area contributed by atoms with E-state index in [1.165, 1.54) is 18.5 Å². The van der Waals surface area contributed by atoms with E-state index < -0.39 is 34.2 Å². The van der Waals surface area contributed by atoms with Gasteiger partial charge in [-0.05, 0) is 6.07 Å². The van der Waals surface area contributed by atoms with Crippen LogP contribution in [0.4, 0.5) is 13.2 Å². The lowest BCUT2D eigenvalue weighted by Crippen LogP contribution is -2.14. The van der Waals surface area contributed by atoms with E-state index in [1.807, 2.05) is 0 Å². The molecule has 0 amide bonds. The molecule has 0 aromatic carbocycles. The average Bonchev–Trinajstić information content (AvgIpc) is 2.79. The Morgan fingerprint density at radius 1 is 1.26 bits per heavy atom. The molecule has 0 bridgehead atoms. The van der Waals surface area contributed by atoms with Crippen molar-refractivity contribution in [1.82, 2.24) is 19.7 Å². The van der Waals surface area contributed by atoms with Crippen molar-refractivity contribution in [2.24, 2.45) is 0 Å². The maximum atomic E-state index is 12.7. The summed E-state index contributed by atoms with van der Waals surface area (Å²) in [5, 5.41) is 3.74. The second kappa shape index (κ2) is 4.96. The highest BCUT2D eigenvalue weighted by molar-refractivity contribution is 7.71. The van der Waals surface area contributed by atoms with Crippen molar-refractivity contribution in [2.75, 3.05) is 0 Å². The molecule has 2 aromatic heterocycles. The number of thiol groups is 1. The summed E-state index contributed by atoms with van der Waals surface area (Å²) in [6, 6.07) is 2.21. The summed E-state index contributed by atoms with van der Waals surface area (Å²) in [7, 11) is -2.92. The number of alkyl halides is 3. The maximum Gasteiger partial charge on any atom is 0.433 e. The fourth-order valence-electron chi connectivity index (χ4n) is 1.34. The van der Waals surface area contributed by atoms with Gasteiger partial charge in [-0.2, -0.15) is 18.3 Å². The van der Waals surface area contributed by atoms with Crippen molar-refractivity contribution in [3.05, 3.63) is 36.0 Å². The normalized spacial score (nSPS) is 12.0. The molecule has 0 spiro atoms. The van der Waals surface area contributed by atoms with Gasteiger partial charge in [0.25, 0.3) is 0 Å². The first kappa shape index (κ1) is 13.5. The van der Waals surface area contributed by atoms with Crippen molar-refractivity contribution in [3.8, 4) is 5.82 Å². The van der Waals surface area contributed by atoms with Gasteiger partial charge in [0, 0.05) is 18.5 Å². The Labute approximate surface area is 106 Å². The van der Waals surface area contributed by atoms with Gasteiger partial charge >= 0.3 is 6.18 Å². The molecule has 0 N–H and O–H groups in total. The summed E-state index contributed by atoms with van der Waals surface area (Å²) in [6.07, 6.45) is -1.93. The lowest BCUT2D eigenvalue weighted by molar-refractivity contribution is -0.141. The predicted octanol–water partition coefficient (Wildman–Crippen LogP) is 0.793. The zero-order chi connectivity index (χ0) is 14.0. The van der Waals surface area contributed by atoms with E-state index >= 15 is 0 Å². The van der Waals surface area contributed by atoms with E-state index in [1.54, 1.807) is 0 Å². The standard InChI is InChI=1S/C9H7F3N4O2S/c10-9(11,12)6-4-8(16-3-1-2-13-16)15-7(14-6)5-19(17)18/h1-4,19H,5H2. The van der Waals surface area contributed by atoms with Gasteiger partial charge < -0.3 is 0 Å². The van der Waals surface area contributed by atoms with Crippen LogP contribution in [0.25, 0.3) is 5.82 Å². The molecule has 10 heteroatoms.